The highest BCUT2D eigenvalue weighted by Gasteiger charge is 1.89. The van der Waals surface area contributed by atoms with Crippen LogP contribution in [0.15, 0.2) is 49.1 Å². The summed E-state index contributed by atoms with van der Waals surface area (Å²) in [5.41, 5.74) is 1.14. The van der Waals surface area contributed by atoms with E-state index in [-0.39, 0.29) is 0 Å². The number of rotatable bonds is 1. The predicted molar refractivity (Wildman–Crippen MR) is 54.2 cm³/mol. The standard InChI is InChI=1S/C9H8N2.CH2O3/c1-2-4-9(5-3-1)11-7-6-10-8-11;2-1(3)4/h1-8H;(H2,2,3,4). The quantitative estimate of drug-likeness (QED) is 0.749. The summed E-state index contributed by atoms with van der Waals surface area (Å²) in [6, 6.07) is 10.1. The molecule has 2 aromatic rings. The molecule has 78 valence electrons. The van der Waals surface area contributed by atoms with Crippen molar-refractivity contribution in [1.29, 1.82) is 0 Å². The van der Waals surface area contributed by atoms with Crippen molar-refractivity contribution in [2.24, 2.45) is 0 Å². The first-order chi connectivity index (χ1) is 7.20. The molecule has 5 heteroatoms. The maximum Gasteiger partial charge on any atom is 0.503 e. The van der Waals surface area contributed by atoms with Gasteiger partial charge >= 0.3 is 6.16 Å². The second kappa shape index (κ2) is 5.43. The van der Waals surface area contributed by atoms with E-state index in [2.05, 4.69) is 4.98 Å². The zero-order chi connectivity index (χ0) is 11.1. The van der Waals surface area contributed by atoms with Gasteiger partial charge < -0.3 is 14.8 Å². The van der Waals surface area contributed by atoms with Gasteiger partial charge in [0.2, 0.25) is 0 Å². The zero-order valence-electron chi connectivity index (χ0n) is 7.82. The fourth-order valence-corrected chi connectivity index (χ4v) is 1.01. The molecular weight excluding hydrogens is 196 g/mol. The highest BCUT2D eigenvalue weighted by molar-refractivity contribution is 5.53. The summed E-state index contributed by atoms with van der Waals surface area (Å²) < 4.78 is 1.97. The minimum Gasteiger partial charge on any atom is -0.450 e. The van der Waals surface area contributed by atoms with Gasteiger partial charge in [-0.05, 0) is 12.1 Å². The van der Waals surface area contributed by atoms with Gasteiger partial charge in [-0.3, -0.25) is 0 Å². The third-order valence-electron chi connectivity index (χ3n) is 1.56. The average molecular weight is 206 g/mol. The van der Waals surface area contributed by atoms with Crippen molar-refractivity contribution in [2.45, 2.75) is 0 Å². The molecule has 0 saturated carbocycles. The lowest BCUT2D eigenvalue weighted by Crippen LogP contribution is -1.87. The molecule has 15 heavy (non-hydrogen) atoms. The lowest BCUT2D eigenvalue weighted by atomic mass is 10.3. The van der Waals surface area contributed by atoms with Gasteiger partial charge in [0.25, 0.3) is 0 Å². The van der Waals surface area contributed by atoms with Gasteiger partial charge in [0.05, 0.1) is 6.33 Å². The molecule has 0 aliphatic carbocycles. The molecule has 0 aliphatic rings. The third kappa shape index (κ3) is 3.95. The highest BCUT2D eigenvalue weighted by atomic mass is 16.6. The minimum absolute atomic E-state index is 1.14. The molecule has 0 fully saturated rings. The third-order valence-corrected chi connectivity index (χ3v) is 1.56. The van der Waals surface area contributed by atoms with Crippen molar-refractivity contribution >= 4 is 6.16 Å². The molecule has 1 aromatic carbocycles. The van der Waals surface area contributed by atoms with Crippen LogP contribution in [0.4, 0.5) is 4.79 Å². The molecule has 0 bridgehead atoms. The van der Waals surface area contributed by atoms with Gasteiger partial charge in [0.1, 0.15) is 0 Å². The number of carbonyl (C=O) groups is 1. The van der Waals surface area contributed by atoms with E-state index in [1.807, 2.05) is 41.1 Å². The Labute approximate surface area is 86.2 Å². The van der Waals surface area contributed by atoms with E-state index in [1.54, 1.807) is 12.5 Å². The lowest BCUT2D eigenvalue weighted by Gasteiger charge is -1.98. The molecule has 0 unspecified atom stereocenters. The largest absolute Gasteiger partial charge is 0.503 e. The molecule has 0 amide bonds. The van der Waals surface area contributed by atoms with Crippen LogP contribution in [0.3, 0.4) is 0 Å². The lowest BCUT2D eigenvalue weighted by molar-refractivity contribution is 0.137. The number of aromatic nitrogens is 2. The molecule has 1 heterocycles. The Morgan fingerprint density at radius 1 is 1.20 bits per heavy atom. The van der Waals surface area contributed by atoms with Crippen LogP contribution < -0.4 is 0 Å². The normalized spacial score (nSPS) is 8.80. The summed E-state index contributed by atoms with van der Waals surface area (Å²) >= 11 is 0. The van der Waals surface area contributed by atoms with Crippen LogP contribution >= 0.6 is 0 Å². The van der Waals surface area contributed by atoms with Gasteiger partial charge in [-0.25, -0.2) is 9.78 Å². The number of hydrogen-bond donors (Lipinski definition) is 2. The molecular formula is C10H10N2O3. The number of hydrogen-bond acceptors (Lipinski definition) is 2. The monoisotopic (exact) mass is 206 g/mol. The van der Waals surface area contributed by atoms with Crippen LogP contribution in [0.25, 0.3) is 5.69 Å². The van der Waals surface area contributed by atoms with Crippen LogP contribution in [-0.2, 0) is 0 Å². The van der Waals surface area contributed by atoms with Gasteiger partial charge in [0, 0.05) is 18.1 Å². The van der Waals surface area contributed by atoms with Gasteiger partial charge in [-0.1, -0.05) is 18.2 Å². The molecule has 0 spiro atoms. The summed E-state index contributed by atoms with van der Waals surface area (Å²) in [6.07, 6.45) is 3.65. The Hall–Kier alpha value is -2.30. The summed E-state index contributed by atoms with van der Waals surface area (Å²) in [4.78, 5) is 12.5. The van der Waals surface area contributed by atoms with Crippen LogP contribution in [0, 0.1) is 0 Å². The summed E-state index contributed by atoms with van der Waals surface area (Å²) in [7, 11) is 0. The molecule has 2 N–H and O–H groups in total. The van der Waals surface area contributed by atoms with E-state index < -0.39 is 6.16 Å². The predicted octanol–water partition coefficient (Wildman–Crippen LogP) is 2.09. The molecule has 0 aliphatic heterocycles. The Kier molecular flexibility index (Phi) is 3.91. The summed E-state index contributed by atoms with van der Waals surface area (Å²) in [5.74, 6) is 0. The fourth-order valence-electron chi connectivity index (χ4n) is 1.01. The Balaban J connectivity index is 0.000000245. The van der Waals surface area contributed by atoms with Crippen molar-refractivity contribution in [3.63, 3.8) is 0 Å². The molecule has 0 atom stereocenters. The number of carboxylic acid groups (broad SMARTS) is 2. The Morgan fingerprint density at radius 3 is 2.27 bits per heavy atom. The van der Waals surface area contributed by atoms with E-state index in [1.165, 1.54) is 0 Å². The van der Waals surface area contributed by atoms with Crippen LogP contribution in [0.1, 0.15) is 0 Å². The van der Waals surface area contributed by atoms with Crippen molar-refractivity contribution in [3.05, 3.63) is 49.1 Å². The zero-order valence-corrected chi connectivity index (χ0v) is 7.82. The number of benzene rings is 1. The fraction of sp³-hybridized carbons (Fsp3) is 0. The maximum atomic E-state index is 8.56. The van der Waals surface area contributed by atoms with E-state index in [0.29, 0.717) is 0 Å². The number of para-hydroxylation sites is 1. The van der Waals surface area contributed by atoms with Gasteiger partial charge in [0.15, 0.2) is 0 Å². The van der Waals surface area contributed by atoms with Crippen LogP contribution in [0.5, 0.6) is 0 Å². The van der Waals surface area contributed by atoms with Gasteiger partial charge in [-0.15, -0.1) is 0 Å². The first-order valence-electron chi connectivity index (χ1n) is 4.15. The second-order valence-corrected chi connectivity index (χ2v) is 2.59. The van der Waals surface area contributed by atoms with Crippen molar-refractivity contribution < 1.29 is 15.0 Å². The molecule has 0 saturated heterocycles. The summed E-state index contributed by atoms with van der Waals surface area (Å²) in [5, 5.41) is 13.9. The highest BCUT2D eigenvalue weighted by Crippen LogP contribution is 2.04. The summed E-state index contributed by atoms with van der Waals surface area (Å²) in [6.45, 7) is 0. The minimum atomic E-state index is -1.83. The maximum absolute atomic E-state index is 8.56. The van der Waals surface area contributed by atoms with Crippen molar-refractivity contribution in [2.75, 3.05) is 0 Å². The first kappa shape index (κ1) is 10.8. The Bertz CT molecular complexity index is 394. The van der Waals surface area contributed by atoms with E-state index in [0.717, 1.165) is 5.69 Å². The molecule has 1 aromatic heterocycles. The van der Waals surface area contributed by atoms with E-state index in [9.17, 15) is 0 Å². The SMILES string of the molecule is O=C(O)O.c1ccc(-n2ccnc2)cc1. The van der Waals surface area contributed by atoms with Crippen LogP contribution in [-0.4, -0.2) is 25.9 Å². The van der Waals surface area contributed by atoms with Crippen molar-refractivity contribution in [3.8, 4) is 5.69 Å². The van der Waals surface area contributed by atoms with E-state index in [4.69, 9.17) is 15.0 Å². The van der Waals surface area contributed by atoms with E-state index >= 15 is 0 Å². The van der Waals surface area contributed by atoms with Gasteiger partial charge in [-0.2, -0.15) is 0 Å². The first-order valence-corrected chi connectivity index (χ1v) is 4.15. The number of imidazole rings is 1. The second-order valence-electron chi connectivity index (χ2n) is 2.59. The number of nitrogens with zero attached hydrogens (tertiary/aromatic N) is 2. The molecule has 0 radical (unpaired) electrons. The van der Waals surface area contributed by atoms with Crippen LogP contribution in [0.2, 0.25) is 0 Å². The average Bonchev–Trinajstić information content (AvgIpc) is 2.71. The Morgan fingerprint density at radius 2 is 1.80 bits per heavy atom. The molecule has 2 rings (SSSR count). The topological polar surface area (TPSA) is 75.3 Å². The van der Waals surface area contributed by atoms with Crippen molar-refractivity contribution in [1.82, 2.24) is 9.55 Å². The molecule has 5 nitrogen and oxygen atoms in total. The smallest absolute Gasteiger partial charge is 0.450 e.